The number of nitro groups is 1. The summed E-state index contributed by atoms with van der Waals surface area (Å²) in [7, 11) is 0. The van der Waals surface area contributed by atoms with Crippen LogP contribution in [0.3, 0.4) is 0 Å². The van der Waals surface area contributed by atoms with Crippen molar-refractivity contribution in [1.29, 1.82) is 0 Å². The molecule has 2 aromatic carbocycles. The Morgan fingerprint density at radius 2 is 1.93 bits per heavy atom. The lowest BCUT2D eigenvalue weighted by molar-refractivity contribution is -0.384. The lowest BCUT2D eigenvalue weighted by Crippen LogP contribution is -2.06. The molecule has 0 saturated carbocycles. The van der Waals surface area contributed by atoms with Crippen molar-refractivity contribution < 1.29 is 18.1 Å². The second-order valence-electron chi connectivity index (χ2n) is 5.42. The van der Waals surface area contributed by atoms with Crippen LogP contribution >= 0.6 is 0 Å². The molecule has 10 heteroatoms. The monoisotopic (exact) mass is 375 g/mol. The van der Waals surface area contributed by atoms with Gasteiger partial charge in [-0.25, -0.2) is 4.98 Å². The van der Waals surface area contributed by atoms with E-state index in [1.807, 2.05) is 16.7 Å². The van der Waals surface area contributed by atoms with E-state index < -0.39 is 22.4 Å². The van der Waals surface area contributed by atoms with Gasteiger partial charge in [0.25, 0.3) is 5.69 Å². The lowest BCUT2D eigenvalue weighted by atomic mass is 10.1. The van der Waals surface area contributed by atoms with Crippen LogP contribution in [-0.2, 0) is 6.18 Å². The predicted octanol–water partition coefficient (Wildman–Crippen LogP) is 4.25. The molecule has 0 aliphatic carbocycles. The zero-order valence-corrected chi connectivity index (χ0v) is 13.6. The van der Waals surface area contributed by atoms with Crippen LogP contribution in [0.4, 0.5) is 24.5 Å². The molecule has 7 nitrogen and oxygen atoms in total. The van der Waals surface area contributed by atoms with Crippen molar-refractivity contribution in [1.82, 2.24) is 9.55 Å². The Labute approximate surface area is 150 Å². The Bertz CT molecular complexity index is 967. The molecular formula is C17H12F3N5O2. The molecule has 0 aliphatic rings. The van der Waals surface area contributed by atoms with Crippen LogP contribution in [0.15, 0.2) is 66.3 Å². The molecule has 3 rings (SSSR count). The van der Waals surface area contributed by atoms with Crippen LogP contribution in [-0.4, -0.2) is 20.7 Å². The number of anilines is 1. The van der Waals surface area contributed by atoms with Gasteiger partial charge in [0.2, 0.25) is 0 Å². The van der Waals surface area contributed by atoms with Crippen molar-refractivity contribution in [3.8, 4) is 5.69 Å². The van der Waals surface area contributed by atoms with E-state index in [0.29, 0.717) is 11.6 Å². The molecule has 0 unspecified atom stereocenters. The fraction of sp³-hybridized carbons (Fsp3) is 0.0588. The van der Waals surface area contributed by atoms with Crippen molar-refractivity contribution in [2.45, 2.75) is 6.18 Å². The average Bonchev–Trinajstić information content (AvgIpc) is 3.16. The number of hydrogen-bond donors (Lipinski definition) is 1. The summed E-state index contributed by atoms with van der Waals surface area (Å²) < 4.78 is 39.9. The van der Waals surface area contributed by atoms with Gasteiger partial charge in [0.15, 0.2) is 0 Å². The summed E-state index contributed by atoms with van der Waals surface area (Å²) in [4.78, 5) is 14.1. The number of benzene rings is 2. The second kappa shape index (κ2) is 7.28. The van der Waals surface area contributed by atoms with E-state index in [1.165, 1.54) is 6.21 Å². The molecule has 1 N–H and O–H groups in total. The minimum absolute atomic E-state index is 0.140. The van der Waals surface area contributed by atoms with Crippen LogP contribution in [0.5, 0.6) is 0 Å². The molecule has 0 aliphatic heterocycles. The van der Waals surface area contributed by atoms with Gasteiger partial charge in [0.05, 0.1) is 23.0 Å². The van der Waals surface area contributed by atoms with Crippen molar-refractivity contribution in [2.75, 3.05) is 5.43 Å². The van der Waals surface area contributed by atoms with E-state index in [9.17, 15) is 23.3 Å². The molecule has 0 amide bonds. The third-order valence-electron chi connectivity index (χ3n) is 3.62. The molecule has 1 heterocycles. The van der Waals surface area contributed by atoms with E-state index in [-0.39, 0.29) is 5.69 Å². The van der Waals surface area contributed by atoms with E-state index >= 15 is 0 Å². The summed E-state index contributed by atoms with van der Waals surface area (Å²) in [6.45, 7) is 0. The van der Waals surface area contributed by atoms with Crippen LogP contribution in [0.1, 0.15) is 11.1 Å². The molecule has 0 bridgehead atoms. The SMILES string of the molecule is O=[N+]([O-])c1cc(C(F)(F)F)ccc1N/N=C/c1ccc(-n2ccnc2)cc1. The Hall–Kier alpha value is -3.69. The quantitative estimate of drug-likeness (QED) is 0.410. The van der Waals surface area contributed by atoms with Gasteiger partial charge >= 0.3 is 6.18 Å². The number of nitrogens with one attached hydrogen (secondary N) is 1. The summed E-state index contributed by atoms with van der Waals surface area (Å²) >= 11 is 0. The number of hydrazone groups is 1. The number of halogens is 3. The third kappa shape index (κ3) is 4.29. The highest BCUT2D eigenvalue weighted by molar-refractivity contribution is 5.81. The van der Waals surface area contributed by atoms with Gasteiger partial charge in [0.1, 0.15) is 5.69 Å². The first-order valence-electron chi connectivity index (χ1n) is 7.58. The summed E-state index contributed by atoms with van der Waals surface area (Å²) in [5.74, 6) is 0. The van der Waals surface area contributed by atoms with Gasteiger partial charge in [-0.05, 0) is 29.8 Å². The van der Waals surface area contributed by atoms with Gasteiger partial charge in [-0.3, -0.25) is 15.5 Å². The molecule has 27 heavy (non-hydrogen) atoms. The minimum Gasteiger partial charge on any atom is -0.306 e. The molecule has 0 saturated heterocycles. The normalized spacial score (nSPS) is 11.7. The number of hydrogen-bond acceptors (Lipinski definition) is 5. The standard InChI is InChI=1S/C17H12F3N5O2/c18-17(19,20)13-3-6-15(16(9-13)25(26)27)23-22-10-12-1-4-14(5-2-12)24-8-7-21-11-24/h1-11,23H/b22-10+. The summed E-state index contributed by atoms with van der Waals surface area (Å²) in [6, 6.07) is 9.37. The highest BCUT2D eigenvalue weighted by Gasteiger charge is 2.33. The first kappa shape index (κ1) is 18.1. The predicted molar refractivity (Wildman–Crippen MR) is 92.9 cm³/mol. The molecule has 138 valence electrons. The van der Waals surface area contributed by atoms with Gasteiger partial charge in [0, 0.05) is 24.1 Å². The van der Waals surface area contributed by atoms with Crippen LogP contribution in [0, 0.1) is 10.1 Å². The molecule has 0 fully saturated rings. The number of alkyl halides is 3. The minimum atomic E-state index is -4.66. The largest absolute Gasteiger partial charge is 0.416 e. The number of nitro benzene ring substituents is 1. The fourth-order valence-corrected chi connectivity index (χ4v) is 2.27. The van der Waals surface area contributed by atoms with E-state index in [2.05, 4.69) is 15.5 Å². The Kier molecular flexibility index (Phi) is 4.88. The van der Waals surface area contributed by atoms with E-state index in [0.717, 1.165) is 17.8 Å². The fourth-order valence-electron chi connectivity index (χ4n) is 2.27. The van der Waals surface area contributed by atoms with Gasteiger partial charge in [-0.2, -0.15) is 18.3 Å². The van der Waals surface area contributed by atoms with Gasteiger partial charge in [-0.1, -0.05) is 12.1 Å². The van der Waals surface area contributed by atoms with Crippen molar-refractivity contribution in [3.05, 3.63) is 82.4 Å². The first-order chi connectivity index (χ1) is 12.8. The highest BCUT2D eigenvalue weighted by Crippen LogP contribution is 2.34. The maximum atomic E-state index is 12.7. The maximum Gasteiger partial charge on any atom is 0.416 e. The van der Waals surface area contributed by atoms with Crippen molar-refractivity contribution in [3.63, 3.8) is 0 Å². The van der Waals surface area contributed by atoms with E-state index in [1.54, 1.807) is 30.9 Å². The smallest absolute Gasteiger partial charge is 0.306 e. The van der Waals surface area contributed by atoms with Crippen LogP contribution < -0.4 is 5.43 Å². The Morgan fingerprint density at radius 1 is 1.19 bits per heavy atom. The molecule has 3 aromatic rings. The summed E-state index contributed by atoms with van der Waals surface area (Å²) in [5, 5.41) is 14.9. The zero-order valence-electron chi connectivity index (χ0n) is 13.6. The number of rotatable bonds is 5. The maximum absolute atomic E-state index is 12.7. The Morgan fingerprint density at radius 3 is 2.52 bits per heavy atom. The summed E-state index contributed by atoms with van der Waals surface area (Å²) in [5.41, 5.74) is 2.04. The van der Waals surface area contributed by atoms with Gasteiger partial charge in [-0.15, -0.1) is 0 Å². The topological polar surface area (TPSA) is 85.4 Å². The molecule has 0 atom stereocenters. The van der Waals surface area contributed by atoms with Crippen LogP contribution in [0.2, 0.25) is 0 Å². The molecular weight excluding hydrogens is 363 g/mol. The Balaban J connectivity index is 1.75. The van der Waals surface area contributed by atoms with Crippen molar-refractivity contribution in [2.24, 2.45) is 5.10 Å². The first-order valence-corrected chi connectivity index (χ1v) is 7.58. The number of imidazole rings is 1. The number of nitrogens with zero attached hydrogens (tertiary/aromatic N) is 4. The second-order valence-corrected chi connectivity index (χ2v) is 5.42. The summed E-state index contributed by atoms with van der Waals surface area (Å²) in [6.07, 6.45) is 1.82. The molecule has 0 radical (unpaired) electrons. The average molecular weight is 375 g/mol. The lowest BCUT2D eigenvalue weighted by Gasteiger charge is -2.08. The van der Waals surface area contributed by atoms with Crippen LogP contribution in [0.25, 0.3) is 5.69 Å². The zero-order chi connectivity index (χ0) is 19.4. The molecule has 0 spiro atoms. The molecule has 1 aromatic heterocycles. The third-order valence-corrected chi connectivity index (χ3v) is 3.62. The van der Waals surface area contributed by atoms with E-state index in [4.69, 9.17) is 0 Å². The number of aromatic nitrogens is 2. The van der Waals surface area contributed by atoms with Crippen molar-refractivity contribution >= 4 is 17.6 Å². The van der Waals surface area contributed by atoms with Gasteiger partial charge < -0.3 is 4.57 Å². The highest BCUT2D eigenvalue weighted by atomic mass is 19.4.